The van der Waals surface area contributed by atoms with Crippen molar-refractivity contribution < 1.29 is 28.5 Å². The van der Waals surface area contributed by atoms with Crippen LogP contribution >= 0.6 is 0 Å². The Morgan fingerprint density at radius 3 is 1.25 bits per heavy atom. The van der Waals surface area contributed by atoms with Crippen molar-refractivity contribution in [2.75, 3.05) is 26.3 Å². The van der Waals surface area contributed by atoms with Crippen molar-refractivity contribution >= 4 is 33.7 Å². The predicted octanol–water partition coefficient (Wildman–Crippen LogP) is 5.80. The molecular formula is C28H36N2O6. The van der Waals surface area contributed by atoms with Crippen molar-refractivity contribution in [2.24, 2.45) is 0 Å². The van der Waals surface area contributed by atoms with E-state index in [0.717, 1.165) is 21.5 Å². The van der Waals surface area contributed by atoms with E-state index in [1.54, 1.807) is 0 Å². The van der Waals surface area contributed by atoms with E-state index in [2.05, 4.69) is 10.6 Å². The first-order chi connectivity index (χ1) is 17.5. The summed E-state index contributed by atoms with van der Waals surface area (Å²) in [5.41, 5.74) is 0. The van der Waals surface area contributed by atoms with E-state index in [9.17, 15) is 9.59 Å². The minimum atomic E-state index is -0.452. The molecule has 0 aliphatic carbocycles. The molecule has 0 aliphatic rings. The zero-order chi connectivity index (χ0) is 25.9. The van der Waals surface area contributed by atoms with Crippen LogP contribution in [0.3, 0.4) is 0 Å². The summed E-state index contributed by atoms with van der Waals surface area (Å²) in [6, 6.07) is 15.7. The van der Waals surface area contributed by atoms with Crippen LogP contribution in [0.2, 0.25) is 0 Å². The summed E-state index contributed by atoms with van der Waals surface area (Å²) in [5, 5.41) is 8.85. The van der Waals surface area contributed by atoms with Gasteiger partial charge in [-0.15, -0.1) is 0 Å². The fraction of sp³-hybridized carbons (Fsp3) is 0.429. The Hall–Kier alpha value is -3.68. The van der Waals surface area contributed by atoms with Gasteiger partial charge in [-0.25, -0.2) is 9.59 Å². The average molecular weight is 497 g/mol. The number of fused-ring (bicyclic) bond motifs is 2. The number of carbonyl (C=O) groups excluding carboxylic acids is 2. The summed E-state index contributed by atoms with van der Waals surface area (Å²) in [5.74, 6) is 1.41. The second kappa shape index (κ2) is 13.4. The van der Waals surface area contributed by atoms with Crippen LogP contribution in [0.25, 0.3) is 21.5 Å². The summed E-state index contributed by atoms with van der Waals surface area (Å²) in [6.45, 7) is 9.03. The highest BCUT2D eigenvalue weighted by atomic mass is 16.6. The van der Waals surface area contributed by atoms with E-state index < -0.39 is 12.2 Å². The second-order valence-electron chi connectivity index (χ2n) is 8.30. The van der Waals surface area contributed by atoms with Gasteiger partial charge in [-0.1, -0.05) is 62.4 Å². The molecule has 3 rings (SSSR count). The van der Waals surface area contributed by atoms with Gasteiger partial charge in [0.15, 0.2) is 0 Å². The lowest BCUT2D eigenvalue weighted by Gasteiger charge is -2.22. The zero-order valence-corrected chi connectivity index (χ0v) is 21.5. The Bertz CT molecular complexity index is 1020. The van der Waals surface area contributed by atoms with Crippen molar-refractivity contribution in [1.82, 2.24) is 10.6 Å². The largest absolute Gasteiger partial charge is 0.488 e. The summed E-state index contributed by atoms with van der Waals surface area (Å²) in [7, 11) is 0. The molecule has 2 unspecified atom stereocenters. The first-order valence-electron chi connectivity index (χ1n) is 12.6. The minimum absolute atomic E-state index is 0.222. The van der Waals surface area contributed by atoms with Crippen LogP contribution < -0.4 is 20.1 Å². The topological polar surface area (TPSA) is 95.1 Å². The molecule has 2 amide bonds. The van der Waals surface area contributed by atoms with Gasteiger partial charge in [0.05, 0.1) is 0 Å². The molecule has 194 valence electrons. The number of carbonyl (C=O) groups is 2. The quantitative estimate of drug-likeness (QED) is 0.308. The first-order valence-corrected chi connectivity index (χ1v) is 12.6. The molecule has 0 spiro atoms. The molecule has 0 fully saturated rings. The third-order valence-electron chi connectivity index (χ3n) is 5.76. The lowest BCUT2D eigenvalue weighted by atomic mass is 10.0. The van der Waals surface area contributed by atoms with Crippen molar-refractivity contribution in [3.8, 4) is 11.5 Å². The Kier molecular flexibility index (Phi) is 10.0. The summed E-state index contributed by atoms with van der Waals surface area (Å²) >= 11 is 0. The van der Waals surface area contributed by atoms with Gasteiger partial charge in [0.25, 0.3) is 0 Å². The van der Waals surface area contributed by atoms with Crippen LogP contribution in [-0.4, -0.2) is 50.7 Å². The molecule has 0 aliphatic heterocycles. The molecule has 0 saturated heterocycles. The molecule has 0 bridgehead atoms. The van der Waals surface area contributed by atoms with Gasteiger partial charge in [0.1, 0.15) is 36.9 Å². The molecule has 8 heteroatoms. The van der Waals surface area contributed by atoms with Gasteiger partial charge < -0.3 is 29.6 Å². The third-order valence-corrected chi connectivity index (χ3v) is 5.76. The lowest BCUT2D eigenvalue weighted by Crippen LogP contribution is -2.31. The van der Waals surface area contributed by atoms with E-state index >= 15 is 0 Å². The minimum Gasteiger partial charge on any atom is -0.488 e. The maximum absolute atomic E-state index is 11.9. The second-order valence-corrected chi connectivity index (χ2v) is 8.30. The number of hydrogen-bond donors (Lipinski definition) is 2. The number of benzene rings is 3. The molecule has 2 N–H and O–H groups in total. The molecular weight excluding hydrogens is 460 g/mol. The van der Waals surface area contributed by atoms with Crippen molar-refractivity contribution in [2.45, 2.75) is 52.7 Å². The average Bonchev–Trinajstić information content (AvgIpc) is 2.89. The number of nitrogens with one attached hydrogen (secondary N) is 2. The van der Waals surface area contributed by atoms with Crippen LogP contribution in [0.4, 0.5) is 9.59 Å². The zero-order valence-electron chi connectivity index (χ0n) is 21.5. The maximum Gasteiger partial charge on any atom is 0.407 e. The van der Waals surface area contributed by atoms with Crippen molar-refractivity contribution in [1.29, 1.82) is 0 Å². The SMILES string of the molecule is CCNC(=O)OC(CC)COc1c2ccccc2c(OCC(CC)OC(=O)NCC)c2ccccc12. The number of rotatable bonds is 12. The Labute approximate surface area is 212 Å². The van der Waals surface area contributed by atoms with Gasteiger partial charge in [0, 0.05) is 34.6 Å². The van der Waals surface area contributed by atoms with Gasteiger partial charge in [0.2, 0.25) is 0 Å². The molecule has 0 aromatic heterocycles. The number of hydrogen-bond acceptors (Lipinski definition) is 6. The molecule has 2 atom stereocenters. The van der Waals surface area contributed by atoms with Crippen molar-refractivity contribution in [3.05, 3.63) is 48.5 Å². The summed E-state index contributed by atoms with van der Waals surface area (Å²) in [4.78, 5) is 23.8. The number of alkyl carbamates (subject to hydrolysis) is 2. The van der Waals surface area contributed by atoms with Gasteiger partial charge in [-0.3, -0.25) is 0 Å². The van der Waals surface area contributed by atoms with Crippen LogP contribution in [0.1, 0.15) is 40.5 Å². The molecule has 3 aromatic rings. The number of amides is 2. The maximum atomic E-state index is 11.9. The molecule has 3 aromatic carbocycles. The normalized spacial score (nSPS) is 12.6. The summed E-state index contributed by atoms with van der Waals surface area (Å²) < 4.78 is 23.6. The Balaban J connectivity index is 1.92. The van der Waals surface area contributed by atoms with Gasteiger partial charge in [-0.2, -0.15) is 0 Å². The highest BCUT2D eigenvalue weighted by Gasteiger charge is 2.20. The highest BCUT2D eigenvalue weighted by Crippen LogP contribution is 2.42. The first kappa shape index (κ1) is 26.9. The predicted molar refractivity (Wildman–Crippen MR) is 141 cm³/mol. The Morgan fingerprint density at radius 2 is 0.972 bits per heavy atom. The molecule has 0 saturated carbocycles. The molecule has 0 radical (unpaired) electrons. The standard InChI is InChI=1S/C28H36N2O6/c1-5-19(35-27(31)29-7-3)17-33-25-21-13-9-11-15-23(21)26(24-16-12-10-14-22(24)25)34-18-20(6-2)36-28(32)30-8-4/h9-16,19-20H,5-8,17-18H2,1-4H3,(H,29,31)(H,30,32). The number of ether oxygens (including phenoxy) is 4. The van der Waals surface area contributed by atoms with E-state index in [1.807, 2.05) is 76.2 Å². The Morgan fingerprint density at radius 1 is 0.639 bits per heavy atom. The van der Waals surface area contributed by atoms with E-state index in [-0.39, 0.29) is 25.4 Å². The van der Waals surface area contributed by atoms with Gasteiger partial charge in [-0.05, 0) is 26.7 Å². The monoisotopic (exact) mass is 496 g/mol. The van der Waals surface area contributed by atoms with Crippen LogP contribution in [0.15, 0.2) is 48.5 Å². The highest BCUT2D eigenvalue weighted by molar-refractivity contribution is 6.11. The molecule has 0 heterocycles. The van der Waals surface area contributed by atoms with Gasteiger partial charge >= 0.3 is 12.2 Å². The lowest BCUT2D eigenvalue weighted by molar-refractivity contribution is 0.0631. The fourth-order valence-corrected chi connectivity index (χ4v) is 3.86. The smallest absolute Gasteiger partial charge is 0.407 e. The fourth-order valence-electron chi connectivity index (χ4n) is 3.86. The summed E-state index contributed by atoms with van der Waals surface area (Å²) in [6.07, 6.45) is -0.432. The van der Waals surface area contributed by atoms with E-state index in [4.69, 9.17) is 18.9 Å². The van der Waals surface area contributed by atoms with Crippen molar-refractivity contribution in [3.63, 3.8) is 0 Å². The third kappa shape index (κ3) is 6.71. The van der Waals surface area contributed by atoms with E-state index in [0.29, 0.717) is 37.4 Å². The van der Waals surface area contributed by atoms with E-state index in [1.165, 1.54) is 0 Å². The molecule has 8 nitrogen and oxygen atoms in total. The van der Waals surface area contributed by atoms with Crippen LogP contribution in [-0.2, 0) is 9.47 Å². The van der Waals surface area contributed by atoms with Crippen LogP contribution in [0, 0.1) is 0 Å². The van der Waals surface area contributed by atoms with Crippen LogP contribution in [0.5, 0.6) is 11.5 Å². The molecule has 36 heavy (non-hydrogen) atoms.